The Kier molecular flexibility index (Phi) is 3.99. The highest BCUT2D eigenvalue weighted by atomic mass is 16.6. The van der Waals surface area contributed by atoms with Gasteiger partial charge in [0.05, 0.1) is 4.92 Å². The fourth-order valence-corrected chi connectivity index (χ4v) is 1.68. The number of phenols is 2. The Labute approximate surface area is 119 Å². The molecule has 2 aromatic carbocycles. The first kappa shape index (κ1) is 14.3. The van der Waals surface area contributed by atoms with Crippen LogP contribution >= 0.6 is 0 Å². The van der Waals surface area contributed by atoms with Gasteiger partial charge in [0.15, 0.2) is 5.78 Å². The van der Waals surface area contributed by atoms with E-state index in [1.807, 2.05) is 0 Å². The lowest BCUT2D eigenvalue weighted by atomic mass is 10.1. The van der Waals surface area contributed by atoms with Gasteiger partial charge in [-0.25, -0.2) is 0 Å². The van der Waals surface area contributed by atoms with Crippen molar-refractivity contribution in [2.75, 3.05) is 0 Å². The number of rotatable bonds is 4. The second-order valence-electron chi connectivity index (χ2n) is 4.24. The van der Waals surface area contributed by atoms with Crippen molar-refractivity contribution in [1.29, 1.82) is 0 Å². The number of ketones is 1. The number of non-ortho nitro benzene ring substituents is 1. The van der Waals surface area contributed by atoms with Crippen LogP contribution in [0.1, 0.15) is 15.9 Å². The van der Waals surface area contributed by atoms with Crippen LogP contribution in [-0.2, 0) is 0 Å². The summed E-state index contributed by atoms with van der Waals surface area (Å²) in [6, 6.07) is 9.14. The molecule has 0 atom stereocenters. The van der Waals surface area contributed by atoms with Crippen LogP contribution in [0.15, 0.2) is 48.5 Å². The average Bonchev–Trinajstić information content (AvgIpc) is 2.48. The smallest absolute Gasteiger partial charge is 0.269 e. The summed E-state index contributed by atoms with van der Waals surface area (Å²) in [5, 5.41) is 29.4. The molecule has 0 saturated heterocycles. The average molecular weight is 285 g/mol. The third kappa shape index (κ3) is 3.44. The van der Waals surface area contributed by atoms with Crippen LogP contribution in [0.4, 0.5) is 5.69 Å². The quantitative estimate of drug-likeness (QED) is 0.296. The first-order valence-electron chi connectivity index (χ1n) is 5.96. The molecule has 2 aromatic rings. The molecule has 0 heterocycles. The monoisotopic (exact) mass is 285 g/mol. The number of allylic oxidation sites excluding steroid dienone is 1. The third-order valence-corrected chi connectivity index (χ3v) is 2.79. The van der Waals surface area contributed by atoms with Gasteiger partial charge in [-0.3, -0.25) is 14.9 Å². The molecular formula is C15H11NO5. The van der Waals surface area contributed by atoms with E-state index in [1.165, 1.54) is 54.6 Å². The largest absolute Gasteiger partial charge is 0.508 e. The zero-order valence-electron chi connectivity index (χ0n) is 10.8. The maximum absolute atomic E-state index is 11.9. The number of aromatic hydroxyl groups is 2. The number of phenolic OH excluding ortho intramolecular Hbond substituents is 2. The van der Waals surface area contributed by atoms with Gasteiger partial charge in [0, 0.05) is 23.3 Å². The van der Waals surface area contributed by atoms with Crippen molar-refractivity contribution in [3.8, 4) is 11.5 Å². The molecule has 2 rings (SSSR count). The molecule has 0 saturated carbocycles. The van der Waals surface area contributed by atoms with Crippen LogP contribution < -0.4 is 0 Å². The number of carbonyl (C=O) groups excluding carboxylic acids is 1. The maximum Gasteiger partial charge on any atom is 0.269 e. The fourth-order valence-electron chi connectivity index (χ4n) is 1.68. The number of benzene rings is 2. The van der Waals surface area contributed by atoms with Crippen molar-refractivity contribution >= 4 is 17.5 Å². The number of nitro benzene ring substituents is 1. The number of nitrogens with zero attached hydrogens (tertiary/aromatic N) is 1. The summed E-state index contributed by atoms with van der Waals surface area (Å²) in [5.41, 5.74) is 0.489. The van der Waals surface area contributed by atoms with Crippen LogP contribution in [-0.4, -0.2) is 20.9 Å². The molecule has 0 aromatic heterocycles. The summed E-state index contributed by atoms with van der Waals surface area (Å²) < 4.78 is 0. The van der Waals surface area contributed by atoms with E-state index < -0.39 is 4.92 Å². The van der Waals surface area contributed by atoms with Crippen LogP contribution in [0.2, 0.25) is 0 Å². The molecule has 0 bridgehead atoms. The SMILES string of the molecule is O=C(/C=C/c1cc(O)ccc1O)c1ccc([N+](=O)[O-])cc1. The first-order valence-corrected chi connectivity index (χ1v) is 5.96. The van der Waals surface area contributed by atoms with Crippen molar-refractivity contribution in [3.63, 3.8) is 0 Å². The van der Waals surface area contributed by atoms with Gasteiger partial charge in [0.1, 0.15) is 11.5 Å². The summed E-state index contributed by atoms with van der Waals surface area (Å²) >= 11 is 0. The van der Waals surface area contributed by atoms with E-state index >= 15 is 0 Å². The van der Waals surface area contributed by atoms with E-state index in [4.69, 9.17) is 0 Å². The first-order chi connectivity index (χ1) is 9.97. The number of nitro groups is 1. The van der Waals surface area contributed by atoms with Crippen LogP contribution in [0.3, 0.4) is 0 Å². The van der Waals surface area contributed by atoms with E-state index in [9.17, 15) is 25.1 Å². The summed E-state index contributed by atoms with van der Waals surface area (Å²) in [5.74, 6) is -0.469. The summed E-state index contributed by atoms with van der Waals surface area (Å²) in [6.07, 6.45) is 2.58. The Morgan fingerprint density at radius 1 is 1.10 bits per heavy atom. The molecule has 0 aliphatic carbocycles. The topological polar surface area (TPSA) is 101 Å². The lowest BCUT2D eigenvalue weighted by Gasteiger charge is -2.00. The van der Waals surface area contributed by atoms with E-state index in [2.05, 4.69) is 0 Å². The Morgan fingerprint density at radius 3 is 2.38 bits per heavy atom. The van der Waals surface area contributed by atoms with E-state index in [-0.39, 0.29) is 28.5 Å². The maximum atomic E-state index is 11.9. The second-order valence-corrected chi connectivity index (χ2v) is 4.24. The molecular weight excluding hydrogens is 274 g/mol. The summed E-state index contributed by atoms with van der Waals surface area (Å²) in [7, 11) is 0. The molecule has 2 N–H and O–H groups in total. The highest BCUT2D eigenvalue weighted by Gasteiger charge is 2.07. The predicted molar refractivity (Wildman–Crippen MR) is 76.2 cm³/mol. The summed E-state index contributed by atoms with van der Waals surface area (Å²) in [4.78, 5) is 21.9. The van der Waals surface area contributed by atoms with E-state index in [0.29, 0.717) is 5.56 Å². The highest BCUT2D eigenvalue weighted by Crippen LogP contribution is 2.23. The number of carbonyl (C=O) groups is 1. The van der Waals surface area contributed by atoms with Crippen LogP contribution in [0, 0.1) is 10.1 Å². The van der Waals surface area contributed by atoms with E-state index in [0.717, 1.165) is 0 Å². The number of hydrogen-bond acceptors (Lipinski definition) is 5. The molecule has 0 aliphatic heterocycles. The van der Waals surface area contributed by atoms with Gasteiger partial charge in [-0.2, -0.15) is 0 Å². The Hall–Kier alpha value is -3.15. The molecule has 0 radical (unpaired) electrons. The molecule has 0 unspecified atom stereocenters. The molecule has 6 heteroatoms. The molecule has 6 nitrogen and oxygen atoms in total. The van der Waals surface area contributed by atoms with Crippen molar-refractivity contribution in [2.24, 2.45) is 0 Å². The zero-order valence-corrected chi connectivity index (χ0v) is 10.8. The lowest BCUT2D eigenvalue weighted by molar-refractivity contribution is -0.384. The lowest BCUT2D eigenvalue weighted by Crippen LogP contribution is -1.95. The molecule has 0 fully saturated rings. The molecule has 0 spiro atoms. The molecule has 0 amide bonds. The predicted octanol–water partition coefficient (Wildman–Crippen LogP) is 2.90. The third-order valence-electron chi connectivity index (χ3n) is 2.79. The van der Waals surface area contributed by atoms with Crippen molar-refractivity contribution in [3.05, 3.63) is 69.8 Å². The van der Waals surface area contributed by atoms with Gasteiger partial charge in [0.2, 0.25) is 0 Å². The minimum atomic E-state index is -0.547. The number of hydrogen-bond donors (Lipinski definition) is 2. The van der Waals surface area contributed by atoms with Gasteiger partial charge < -0.3 is 10.2 Å². The van der Waals surface area contributed by atoms with Crippen molar-refractivity contribution in [1.82, 2.24) is 0 Å². The van der Waals surface area contributed by atoms with E-state index in [1.54, 1.807) is 0 Å². The zero-order chi connectivity index (χ0) is 15.4. The molecule has 106 valence electrons. The van der Waals surface area contributed by atoms with Gasteiger partial charge >= 0.3 is 0 Å². The Balaban J connectivity index is 2.19. The minimum absolute atomic E-state index is 0.0322. The Bertz CT molecular complexity index is 719. The van der Waals surface area contributed by atoms with Crippen LogP contribution in [0.5, 0.6) is 11.5 Å². The van der Waals surface area contributed by atoms with Gasteiger partial charge in [-0.05, 0) is 42.5 Å². The summed E-state index contributed by atoms with van der Waals surface area (Å²) in [6.45, 7) is 0. The molecule has 21 heavy (non-hydrogen) atoms. The fraction of sp³-hybridized carbons (Fsp3) is 0. The minimum Gasteiger partial charge on any atom is -0.508 e. The van der Waals surface area contributed by atoms with Crippen LogP contribution in [0.25, 0.3) is 6.08 Å². The van der Waals surface area contributed by atoms with Gasteiger partial charge in [-0.15, -0.1) is 0 Å². The van der Waals surface area contributed by atoms with Gasteiger partial charge in [-0.1, -0.05) is 0 Å². The van der Waals surface area contributed by atoms with Crippen molar-refractivity contribution < 1.29 is 19.9 Å². The van der Waals surface area contributed by atoms with Gasteiger partial charge in [0.25, 0.3) is 5.69 Å². The normalized spacial score (nSPS) is 10.7. The standard InChI is InChI=1S/C15H11NO5/c17-13-6-8-15(19)11(9-13)3-7-14(18)10-1-4-12(5-2-10)16(20)21/h1-9,17,19H/b7-3+. The second kappa shape index (κ2) is 5.87. The van der Waals surface area contributed by atoms with Crippen molar-refractivity contribution in [2.45, 2.75) is 0 Å². The molecule has 0 aliphatic rings. The Morgan fingerprint density at radius 2 is 1.76 bits per heavy atom. The highest BCUT2D eigenvalue weighted by molar-refractivity contribution is 6.07.